The van der Waals surface area contributed by atoms with Gasteiger partial charge in [-0.2, -0.15) is 4.98 Å². The molecule has 0 saturated heterocycles. The van der Waals surface area contributed by atoms with Crippen molar-refractivity contribution < 1.29 is 4.52 Å². The molecule has 0 fully saturated rings. The molecule has 2 heterocycles. The van der Waals surface area contributed by atoms with Gasteiger partial charge in [-0.15, -0.1) is 0 Å². The second-order valence-corrected chi connectivity index (χ2v) is 9.15. The second kappa shape index (κ2) is 9.05. The molecule has 1 aliphatic heterocycles. The smallest absolute Gasteiger partial charge is 0.258 e. The van der Waals surface area contributed by atoms with Crippen LogP contribution in [0.4, 0.5) is 5.69 Å². The predicted octanol–water partition coefficient (Wildman–Crippen LogP) is 6.87. The zero-order chi connectivity index (χ0) is 23.8. The molecule has 1 atom stereocenters. The zero-order valence-corrected chi connectivity index (χ0v) is 20.6. The first kappa shape index (κ1) is 22.3. The Kier molecular flexibility index (Phi) is 5.94. The molecule has 0 bridgehead atoms. The van der Waals surface area contributed by atoms with E-state index in [-0.39, 0.29) is 6.04 Å². The van der Waals surface area contributed by atoms with Gasteiger partial charge in [-0.05, 0) is 86.1 Å². The normalized spacial score (nSPS) is 16.1. The number of anilines is 1. The number of hydrogen-bond donors (Lipinski definition) is 1. The van der Waals surface area contributed by atoms with Gasteiger partial charge in [0.15, 0.2) is 5.11 Å². The van der Waals surface area contributed by atoms with Crippen LogP contribution < -0.4 is 10.2 Å². The minimum atomic E-state index is -0.227. The van der Waals surface area contributed by atoms with Crippen LogP contribution in [0.1, 0.15) is 35.5 Å². The number of benzene rings is 3. The van der Waals surface area contributed by atoms with Crippen LogP contribution in [0.3, 0.4) is 0 Å². The van der Waals surface area contributed by atoms with Crippen molar-refractivity contribution in [2.45, 2.75) is 26.8 Å². The van der Waals surface area contributed by atoms with Crippen molar-refractivity contribution in [3.05, 3.63) is 106 Å². The van der Waals surface area contributed by atoms with E-state index in [1.165, 1.54) is 11.1 Å². The summed E-state index contributed by atoms with van der Waals surface area (Å²) in [5.41, 5.74) is 7.12. The molecule has 1 aliphatic rings. The maximum Gasteiger partial charge on any atom is 0.258 e. The van der Waals surface area contributed by atoms with Crippen LogP contribution in [0.2, 0.25) is 5.02 Å². The summed E-state index contributed by atoms with van der Waals surface area (Å²) < 4.78 is 5.81. The van der Waals surface area contributed by atoms with E-state index in [2.05, 4.69) is 54.7 Å². The van der Waals surface area contributed by atoms with E-state index in [0.29, 0.717) is 21.9 Å². The first-order valence-electron chi connectivity index (χ1n) is 11.0. The molecule has 7 heteroatoms. The van der Waals surface area contributed by atoms with Gasteiger partial charge in [-0.1, -0.05) is 53.2 Å². The van der Waals surface area contributed by atoms with Gasteiger partial charge in [0.25, 0.3) is 5.89 Å². The molecular formula is C27H23ClN4OS. The lowest BCUT2D eigenvalue weighted by Gasteiger charge is -2.37. The summed E-state index contributed by atoms with van der Waals surface area (Å²) in [6.45, 7) is 6.24. The highest BCUT2D eigenvalue weighted by atomic mass is 35.5. The largest absolute Gasteiger partial charge is 0.351 e. The third-order valence-corrected chi connectivity index (χ3v) is 6.68. The fraction of sp³-hybridized carbons (Fsp3) is 0.148. The standard InChI is InChI=1S/C27H23ClN4OS/c1-16-9-14-22(15-17(16)2)32-18(3)23(24(29-27(32)34)19-7-5-4-6-8-19)26-30-25(31-33-26)20-10-12-21(28)13-11-20/h4-15,24H,1-3H3,(H,29,34). The average molecular weight is 487 g/mol. The molecule has 0 aliphatic carbocycles. The number of nitrogens with one attached hydrogen (secondary N) is 1. The lowest BCUT2D eigenvalue weighted by molar-refractivity contribution is 0.404. The summed E-state index contributed by atoms with van der Waals surface area (Å²) >= 11 is 11.9. The van der Waals surface area contributed by atoms with Crippen LogP contribution in [0.25, 0.3) is 17.0 Å². The van der Waals surface area contributed by atoms with E-state index >= 15 is 0 Å². The minimum Gasteiger partial charge on any atom is -0.351 e. The maximum atomic E-state index is 6.04. The number of thiocarbonyl (C=S) groups is 1. The molecule has 1 N–H and O–H groups in total. The summed E-state index contributed by atoms with van der Waals surface area (Å²) in [6.07, 6.45) is 0. The van der Waals surface area contributed by atoms with E-state index in [9.17, 15) is 0 Å². The number of allylic oxidation sites excluding steroid dienone is 1. The topological polar surface area (TPSA) is 54.2 Å². The van der Waals surface area contributed by atoms with Crippen LogP contribution in [0.5, 0.6) is 0 Å². The van der Waals surface area contributed by atoms with Crippen LogP contribution in [-0.2, 0) is 0 Å². The summed E-state index contributed by atoms with van der Waals surface area (Å²) in [4.78, 5) is 6.79. The zero-order valence-electron chi connectivity index (χ0n) is 19.0. The summed E-state index contributed by atoms with van der Waals surface area (Å²) in [7, 11) is 0. The van der Waals surface area contributed by atoms with Gasteiger partial charge >= 0.3 is 0 Å². The fourth-order valence-corrected chi connectivity index (χ4v) is 4.63. The Labute approximate surface area is 209 Å². The number of rotatable bonds is 4. The van der Waals surface area contributed by atoms with Crippen molar-refractivity contribution in [1.29, 1.82) is 0 Å². The highest BCUT2D eigenvalue weighted by molar-refractivity contribution is 7.80. The van der Waals surface area contributed by atoms with Crippen LogP contribution in [0.15, 0.2) is 83.0 Å². The summed E-state index contributed by atoms with van der Waals surface area (Å²) in [5, 5.41) is 9.04. The van der Waals surface area contributed by atoms with Crippen molar-refractivity contribution in [2.75, 3.05) is 4.90 Å². The SMILES string of the molecule is CC1=C(c2nc(-c3ccc(Cl)cc3)no2)C(c2ccccc2)NC(=S)N1c1ccc(C)c(C)c1. The Morgan fingerprint density at radius 2 is 1.68 bits per heavy atom. The molecule has 0 radical (unpaired) electrons. The highest BCUT2D eigenvalue weighted by Crippen LogP contribution is 2.39. The molecule has 4 aromatic rings. The molecule has 5 rings (SSSR count). The molecule has 0 amide bonds. The van der Waals surface area contributed by atoms with Crippen molar-refractivity contribution in [1.82, 2.24) is 15.5 Å². The van der Waals surface area contributed by atoms with E-state index in [1.807, 2.05) is 54.3 Å². The maximum absolute atomic E-state index is 6.04. The van der Waals surface area contributed by atoms with Gasteiger partial charge < -0.3 is 9.84 Å². The summed E-state index contributed by atoms with van der Waals surface area (Å²) in [6, 6.07) is 23.6. The number of hydrogen-bond acceptors (Lipinski definition) is 4. The van der Waals surface area contributed by atoms with Gasteiger partial charge in [0.2, 0.25) is 5.82 Å². The monoisotopic (exact) mass is 486 g/mol. The van der Waals surface area contributed by atoms with E-state index in [1.54, 1.807) is 0 Å². The quantitative estimate of drug-likeness (QED) is 0.317. The van der Waals surface area contributed by atoms with Gasteiger partial charge in [-0.3, -0.25) is 4.90 Å². The van der Waals surface area contributed by atoms with Crippen LogP contribution in [-0.4, -0.2) is 15.3 Å². The number of halogens is 1. The number of nitrogens with zero attached hydrogens (tertiary/aromatic N) is 3. The second-order valence-electron chi connectivity index (χ2n) is 8.33. The van der Waals surface area contributed by atoms with Crippen molar-refractivity contribution in [2.24, 2.45) is 0 Å². The highest BCUT2D eigenvalue weighted by Gasteiger charge is 2.34. The Morgan fingerprint density at radius 3 is 2.38 bits per heavy atom. The Bertz CT molecular complexity index is 1400. The van der Waals surface area contributed by atoms with Crippen molar-refractivity contribution in [3.63, 3.8) is 0 Å². The first-order chi connectivity index (χ1) is 16.4. The van der Waals surface area contributed by atoms with Crippen molar-refractivity contribution >= 4 is 40.2 Å². The molecule has 1 unspecified atom stereocenters. The van der Waals surface area contributed by atoms with Gasteiger partial charge in [0, 0.05) is 22.0 Å². The van der Waals surface area contributed by atoms with Crippen molar-refractivity contribution in [3.8, 4) is 11.4 Å². The third-order valence-electron chi connectivity index (χ3n) is 6.13. The average Bonchev–Trinajstić information content (AvgIpc) is 3.31. The molecule has 0 saturated carbocycles. The Morgan fingerprint density at radius 1 is 0.941 bits per heavy atom. The predicted molar refractivity (Wildman–Crippen MR) is 141 cm³/mol. The first-order valence-corrected chi connectivity index (χ1v) is 11.7. The van der Waals surface area contributed by atoms with E-state index < -0.39 is 0 Å². The Hall–Kier alpha value is -3.48. The van der Waals surface area contributed by atoms with Gasteiger partial charge in [-0.25, -0.2) is 0 Å². The molecular weight excluding hydrogens is 464 g/mol. The molecule has 0 spiro atoms. The van der Waals surface area contributed by atoms with Gasteiger partial charge in [0.05, 0.1) is 11.6 Å². The minimum absolute atomic E-state index is 0.227. The van der Waals surface area contributed by atoms with E-state index in [4.69, 9.17) is 33.3 Å². The molecule has 3 aromatic carbocycles. The number of aromatic nitrogens is 2. The van der Waals surface area contributed by atoms with Crippen LogP contribution >= 0.6 is 23.8 Å². The fourth-order valence-electron chi connectivity index (χ4n) is 4.14. The number of aryl methyl sites for hydroxylation is 2. The Balaban J connectivity index is 1.65. The molecule has 1 aromatic heterocycles. The third kappa shape index (κ3) is 4.11. The molecule has 34 heavy (non-hydrogen) atoms. The lowest BCUT2D eigenvalue weighted by Crippen LogP contribution is -2.46. The summed E-state index contributed by atoms with van der Waals surface area (Å²) in [5.74, 6) is 0.949. The molecule has 170 valence electrons. The lowest BCUT2D eigenvalue weighted by atomic mass is 9.94. The van der Waals surface area contributed by atoms with Crippen LogP contribution in [0, 0.1) is 13.8 Å². The molecule has 5 nitrogen and oxygen atoms in total. The van der Waals surface area contributed by atoms with Gasteiger partial charge in [0.1, 0.15) is 0 Å². The van der Waals surface area contributed by atoms with E-state index in [0.717, 1.165) is 28.1 Å².